The normalized spacial score (nSPS) is 11.5. The van der Waals surface area contributed by atoms with Gasteiger partial charge < -0.3 is 0 Å². The molecule has 1 unspecified atom stereocenters. The number of nitriles is 2. The molecule has 2 rings (SSSR count). The summed E-state index contributed by atoms with van der Waals surface area (Å²) >= 11 is 11.9. The molecule has 0 fully saturated rings. The summed E-state index contributed by atoms with van der Waals surface area (Å²) in [4.78, 5) is 12.4. The van der Waals surface area contributed by atoms with E-state index in [1.807, 2.05) is 18.2 Å². The van der Waals surface area contributed by atoms with Gasteiger partial charge in [-0.15, -0.1) is 0 Å². The van der Waals surface area contributed by atoms with Gasteiger partial charge in [0.2, 0.25) is 0 Å². The van der Waals surface area contributed by atoms with Crippen molar-refractivity contribution in [1.82, 2.24) is 0 Å². The lowest BCUT2D eigenvalue weighted by atomic mass is 9.83. The lowest BCUT2D eigenvalue weighted by molar-refractivity contribution is 0.0971. The number of halogens is 2. The number of rotatable bonds is 5. The van der Waals surface area contributed by atoms with Crippen LogP contribution in [0.4, 0.5) is 0 Å². The Morgan fingerprint density at radius 3 is 2.22 bits per heavy atom. The molecule has 2 aromatic rings. The maximum absolute atomic E-state index is 12.4. The molecule has 1 atom stereocenters. The van der Waals surface area contributed by atoms with Gasteiger partial charge in [-0.3, -0.25) is 4.79 Å². The largest absolute Gasteiger partial charge is 0.294 e. The van der Waals surface area contributed by atoms with E-state index in [2.05, 4.69) is 0 Å². The van der Waals surface area contributed by atoms with Gasteiger partial charge in [0.05, 0.1) is 22.2 Å². The average Bonchev–Trinajstić information content (AvgIpc) is 2.58. The third-order valence-corrected chi connectivity index (χ3v) is 4.29. The molecule has 0 spiro atoms. The highest BCUT2D eigenvalue weighted by atomic mass is 35.5. The van der Waals surface area contributed by atoms with E-state index in [0.717, 1.165) is 0 Å². The zero-order valence-electron chi connectivity index (χ0n) is 12.0. The molecule has 0 aliphatic heterocycles. The van der Waals surface area contributed by atoms with E-state index >= 15 is 0 Å². The first-order valence-electron chi connectivity index (χ1n) is 6.89. The third-order valence-electron chi connectivity index (χ3n) is 3.55. The van der Waals surface area contributed by atoms with E-state index in [1.54, 1.807) is 42.5 Å². The second kappa shape index (κ2) is 7.79. The van der Waals surface area contributed by atoms with Crippen molar-refractivity contribution in [2.45, 2.75) is 12.3 Å². The molecule has 0 saturated heterocycles. The van der Waals surface area contributed by atoms with Gasteiger partial charge in [0.1, 0.15) is 5.92 Å². The van der Waals surface area contributed by atoms with Crippen LogP contribution < -0.4 is 0 Å². The van der Waals surface area contributed by atoms with Gasteiger partial charge in [0.15, 0.2) is 5.78 Å². The van der Waals surface area contributed by atoms with Gasteiger partial charge in [-0.05, 0) is 17.7 Å². The van der Waals surface area contributed by atoms with Crippen molar-refractivity contribution in [1.29, 1.82) is 10.5 Å². The highest BCUT2D eigenvalue weighted by Gasteiger charge is 2.26. The van der Waals surface area contributed by atoms with Crippen molar-refractivity contribution in [3.05, 3.63) is 69.7 Å². The van der Waals surface area contributed by atoms with Crippen LogP contribution in [0.3, 0.4) is 0 Å². The lowest BCUT2D eigenvalue weighted by Gasteiger charge is -2.18. The summed E-state index contributed by atoms with van der Waals surface area (Å²) in [6.07, 6.45) is 0.0494. The summed E-state index contributed by atoms with van der Waals surface area (Å²) in [5.41, 5.74) is 1.20. The van der Waals surface area contributed by atoms with Crippen LogP contribution in [-0.4, -0.2) is 5.78 Å². The molecule has 0 aromatic heterocycles. The molecule has 0 aliphatic carbocycles. The first-order valence-corrected chi connectivity index (χ1v) is 7.65. The SMILES string of the molecule is N#CC(C#N)C(CC(=O)c1ccccc1)c1ccc(Cl)c(Cl)c1. The Hall–Kier alpha value is -2.33. The fourth-order valence-electron chi connectivity index (χ4n) is 2.32. The summed E-state index contributed by atoms with van der Waals surface area (Å²) in [7, 11) is 0. The molecular weight excluding hydrogens is 331 g/mol. The number of ketones is 1. The van der Waals surface area contributed by atoms with Gasteiger partial charge in [-0.25, -0.2) is 0 Å². The number of Topliss-reactive ketones (excluding diaryl/α,β-unsaturated/α-hetero) is 1. The molecule has 0 amide bonds. The predicted molar refractivity (Wildman–Crippen MR) is 89.3 cm³/mol. The van der Waals surface area contributed by atoms with Crippen molar-refractivity contribution in [2.24, 2.45) is 5.92 Å². The van der Waals surface area contributed by atoms with Crippen molar-refractivity contribution >= 4 is 29.0 Å². The summed E-state index contributed by atoms with van der Waals surface area (Å²) in [5.74, 6) is -1.63. The molecule has 0 saturated carbocycles. The Morgan fingerprint density at radius 2 is 1.65 bits per heavy atom. The van der Waals surface area contributed by atoms with Gasteiger partial charge >= 0.3 is 0 Å². The summed E-state index contributed by atoms with van der Waals surface area (Å²) in [6, 6.07) is 17.6. The molecular formula is C18H12Cl2N2O. The van der Waals surface area contributed by atoms with E-state index in [4.69, 9.17) is 23.2 Å². The van der Waals surface area contributed by atoms with Gasteiger partial charge in [-0.2, -0.15) is 10.5 Å². The highest BCUT2D eigenvalue weighted by Crippen LogP contribution is 2.33. The second-order valence-electron chi connectivity index (χ2n) is 5.01. The van der Waals surface area contributed by atoms with Crippen LogP contribution in [-0.2, 0) is 0 Å². The molecule has 3 nitrogen and oxygen atoms in total. The van der Waals surface area contributed by atoms with Crippen LogP contribution in [0.1, 0.15) is 28.3 Å². The van der Waals surface area contributed by atoms with Crippen molar-refractivity contribution in [2.75, 3.05) is 0 Å². The van der Waals surface area contributed by atoms with Crippen molar-refractivity contribution in [3.8, 4) is 12.1 Å². The number of carbonyl (C=O) groups excluding carboxylic acids is 1. The van der Waals surface area contributed by atoms with E-state index in [-0.39, 0.29) is 12.2 Å². The van der Waals surface area contributed by atoms with Crippen molar-refractivity contribution in [3.63, 3.8) is 0 Å². The van der Waals surface area contributed by atoms with Crippen molar-refractivity contribution < 1.29 is 4.79 Å². The minimum absolute atomic E-state index is 0.0494. The molecule has 114 valence electrons. The Kier molecular flexibility index (Phi) is 5.77. The molecule has 0 radical (unpaired) electrons. The van der Waals surface area contributed by atoms with Crippen LogP contribution in [0.5, 0.6) is 0 Å². The maximum atomic E-state index is 12.4. The Morgan fingerprint density at radius 1 is 1.00 bits per heavy atom. The third kappa shape index (κ3) is 4.11. The number of hydrogen-bond donors (Lipinski definition) is 0. The zero-order valence-corrected chi connectivity index (χ0v) is 13.6. The first kappa shape index (κ1) is 17.0. The number of benzene rings is 2. The lowest BCUT2D eigenvalue weighted by Crippen LogP contribution is -2.15. The quantitative estimate of drug-likeness (QED) is 0.717. The van der Waals surface area contributed by atoms with Crippen LogP contribution in [0, 0.1) is 28.6 Å². The fourth-order valence-corrected chi connectivity index (χ4v) is 2.63. The predicted octanol–water partition coefficient (Wildman–Crippen LogP) is 5.01. The topological polar surface area (TPSA) is 64.7 Å². The number of nitrogens with zero attached hydrogens (tertiary/aromatic N) is 2. The van der Waals surface area contributed by atoms with E-state index < -0.39 is 11.8 Å². The van der Waals surface area contributed by atoms with Crippen LogP contribution in [0.2, 0.25) is 10.0 Å². The average molecular weight is 343 g/mol. The molecule has 0 heterocycles. The summed E-state index contributed by atoms with van der Waals surface area (Å²) < 4.78 is 0. The smallest absolute Gasteiger partial charge is 0.163 e. The zero-order chi connectivity index (χ0) is 16.8. The minimum Gasteiger partial charge on any atom is -0.294 e. The van der Waals surface area contributed by atoms with Crippen LogP contribution in [0.25, 0.3) is 0 Å². The summed E-state index contributed by atoms with van der Waals surface area (Å²) in [6.45, 7) is 0. The van der Waals surface area contributed by atoms with Gasteiger partial charge in [0.25, 0.3) is 0 Å². The highest BCUT2D eigenvalue weighted by molar-refractivity contribution is 6.42. The van der Waals surface area contributed by atoms with Crippen LogP contribution in [0.15, 0.2) is 48.5 Å². The molecule has 0 aliphatic rings. The molecule has 2 aromatic carbocycles. The molecule has 0 bridgehead atoms. The Labute approximate surface area is 144 Å². The fraction of sp³-hybridized carbons (Fsp3) is 0.167. The molecule has 23 heavy (non-hydrogen) atoms. The number of hydrogen-bond acceptors (Lipinski definition) is 3. The minimum atomic E-state index is -0.945. The van der Waals surface area contributed by atoms with Gasteiger partial charge in [0, 0.05) is 17.9 Å². The second-order valence-corrected chi connectivity index (χ2v) is 5.82. The standard InChI is InChI=1S/C18H12Cl2N2O/c19-16-7-6-13(8-17(16)20)15(14(10-21)11-22)9-18(23)12-4-2-1-3-5-12/h1-8,14-15H,9H2. The van der Waals surface area contributed by atoms with E-state index in [0.29, 0.717) is 21.2 Å². The van der Waals surface area contributed by atoms with Gasteiger partial charge in [-0.1, -0.05) is 59.6 Å². The first-order chi connectivity index (χ1) is 11.1. The maximum Gasteiger partial charge on any atom is 0.163 e. The monoisotopic (exact) mass is 342 g/mol. The Bertz CT molecular complexity index is 777. The molecule has 5 heteroatoms. The van der Waals surface area contributed by atoms with E-state index in [9.17, 15) is 15.3 Å². The van der Waals surface area contributed by atoms with Crippen LogP contribution >= 0.6 is 23.2 Å². The Balaban J connectivity index is 2.35. The van der Waals surface area contributed by atoms with E-state index in [1.165, 1.54) is 0 Å². The number of carbonyl (C=O) groups is 1. The molecule has 0 N–H and O–H groups in total. The summed E-state index contributed by atoms with van der Waals surface area (Å²) in [5, 5.41) is 19.2.